The molecule has 7 nitrogen and oxygen atoms in total. The molecule has 0 aliphatic carbocycles. The minimum Gasteiger partial charge on any atom is -0.355 e. The highest BCUT2D eigenvalue weighted by Crippen LogP contribution is 2.36. The van der Waals surface area contributed by atoms with Crippen molar-refractivity contribution in [1.29, 1.82) is 0 Å². The lowest BCUT2D eigenvalue weighted by Gasteiger charge is -2.37. The highest BCUT2D eigenvalue weighted by atomic mass is 15.3. The van der Waals surface area contributed by atoms with Crippen molar-refractivity contribution >= 4 is 5.82 Å². The van der Waals surface area contributed by atoms with Gasteiger partial charge in [-0.25, -0.2) is 4.98 Å². The lowest BCUT2D eigenvalue weighted by Crippen LogP contribution is -2.46. The predicted molar refractivity (Wildman–Crippen MR) is 87.1 cm³/mol. The zero-order chi connectivity index (χ0) is 15.8. The van der Waals surface area contributed by atoms with Crippen molar-refractivity contribution in [3.8, 4) is 0 Å². The standard InChI is InChI=1S/C16H23N7/c1-12-3-4-16(20-19-12)22-6-5-15-13(8-22)7-14(21(15)2)9-23-11-17-10-18-23/h3-4,10-11,13-15H,5-9H2,1-2H3/t13-,14+,15+/m1/s1. The lowest BCUT2D eigenvalue weighted by molar-refractivity contribution is 0.189. The Morgan fingerprint density at radius 2 is 2.17 bits per heavy atom. The molecule has 0 bridgehead atoms. The Morgan fingerprint density at radius 1 is 1.26 bits per heavy atom. The summed E-state index contributed by atoms with van der Waals surface area (Å²) in [5.74, 6) is 1.70. The zero-order valence-corrected chi connectivity index (χ0v) is 13.7. The van der Waals surface area contributed by atoms with Crippen molar-refractivity contribution in [2.75, 3.05) is 25.0 Å². The summed E-state index contributed by atoms with van der Waals surface area (Å²) in [6, 6.07) is 5.34. The van der Waals surface area contributed by atoms with Crippen molar-refractivity contribution in [2.45, 2.75) is 38.4 Å². The van der Waals surface area contributed by atoms with Crippen LogP contribution in [0.3, 0.4) is 0 Å². The number of hydrogen-bond donors (Lipinski definition) is 0. The van der Waals surface area contributed by atoms with Crippen LogP contribution >= 0.6 is 0 Å². The highest BCUT2D eigenvalue weighted by Gasteiger charge is 2.42. The van der Waals surface area contributed by atoms with Crippen LogP contribution in [0.1, 0.15) is 18.5 Å². The number of fused-ring (bicyclic) bond motifs is 1. The van der Waals surface area contributed by atoms with Gasteiger partial charge in [0.25, 0.3) is 0 Å². The third kappa shape index (κ3) is 2.81. The molecule has 0 N–H and O–H groups in total. The average molecular weight is 313 g/mol. The van der Waals surface area contributed by atoms with Crippen molar-refractivity contribution in [3.63, 3.8) is 0 Å². The van der Waals surface area contributed by atoms with E-state index >= 15 is 0 Å². The maximum Gasteiger partial charge on any atom is 0.151 e. The summed E-state index contributed by atoms with van der Waals surface area (Å²) in [7, 11) is 2.26. The van der Waals surface area contributed by atoms with E-state index in [1.807, 2.05) is 24.0 Å². The first-order valence-electron chi connectivity index (χ1n) is 8.30. The van der Waals surface area contributed by atoms with Crippen LogP contribution in [0.25, 0.3) is 0 Å². The Labute approximate surface area is 136 Å². The molecule has 0 amide bonds. The van der Waals surface area contributed by atoms with Gasteiger partial charge in [0.15, 0.2) is 5.82 Å². The van der Waals surface area contributed by atoms with Crippen LogP contribution in [0.15, 0.2) is 24.8 Å². The third-order valence-electron chi connectivity index (χ3n) is 5.34. The van der Waals surface area contributed by atoms with Crippen LogP contribution in [0, 0.1) is 12.8 Å². The fraction of sp³-hybridized carbons (Fsp3) is 0.625. The molecule has 0 aromatic carbocycles. The largest absolute Gasteiger partial charge is 0.355 e. The first-order valence-corrected chi connectivity index (χ1v) is 8.30. The van der Waals surface area contributed by atoms with Crippen molar-refractivity contribution in [2.24, 2.45) is 5.92 Å². The van der Waals surface area contributed by atoms with E-state index in [-0.39, 0.29) is 0 Å². The number of piperidine rings is 1. The number of likely N-dealkylation sites (tertiary alicyclic amines) is 1. The molecule has 122 valence electrons. The first kappa shape index (κ1) is 14.6. The Hall–Kier alpha value is -2.02. The summed E-state index contributed by atoms with van der Waals surface area (Å²) in [5, 5.41) is 12.8. The quantitative estimate of drug-likeness (QED) is 0.841. The Morgan fingerprint density at radius 3 is 2.91 bits per heavy atom. The van der Waals surface area contributed by atoms with Gasteiger partial charge in [-0.05, 0) is 44.9 Å². The lowest BCUT2D eigenvalue weighted by atomic mass is 9.92. The van der Waals surface area contributed by atoms with Crippen LogP contribution in [0.4, 0.5) is 5.82 Å². The number of aryl methyl sites for hydroxylation is 1. The van der Waals surface area contributed by atoms with Crippen LogP contribution in [-0.4, -0.2) is 62.1 Å². The van der Waals surface area contributed by atoms with E-state index in [0.717, 1.165) is 31.1 Å². The molecule has 0 unspecified atom stereocenters. The van der Waals surface area contributed by atoms with Crippen molar-refractivity contribution < 1.29 is 0 Å². The minimum absolute atomic E-state index is 0.538. The number of anilines is 1. The van der Waals surface area contributed by atoms with Gasteiger partial charge in [0.05, 0.1) is 12.2 Å². The molecule has 2 aliphatic heterocycles. The molecule has 0 saturated carbocycles. The van der Waals surface area contributed by atoms with E-state index in [9.17, 15) is 0 Å². The van der Waals surface area contributed by atoms with Gasteiger partial charge in [0.2, 0.25) is 0 Å². The molecular formula is C16H23N7. The fourth-order valence-corrected chi connectivity index (χ4v) is 4.09. The van der Waals surface area contributed by atoms with Crippen LogP contribution in [0.2, 0.25) is 0 Å². The monoisotopic (exact) mass is 313 g/mol. The molecular weight excluding hydrogens is 290 g/mol. The van der Waals surface area contributed by atoms with Crippen LogP contribution in [0.5, 0.6) is 0 Å². The molecule has 2 aromatic heterocycles. The maximum absolute atomic E-state index is 4.35. The molecule has 0 spiro atoms. The second kappa shape index (κ2) is 5.88. The number of likely N-dealkylation sites (N-methyl/N-ethyl adjacent to an activating group) is 1. The van der Waals surface area contributed by atoms with Gasteiger partial charge in [0.1, 0.15) is 12.7 Å². The first-order chi connectivity index (χ1) is 11.2. The topological polar surface area (TPSA) is 63.0 Å². The molecule has 0 radical (unpaired) electrons. The molecule has 4 rings (SSSR count). The summed E-state index contributed by atoms with van der Waals surface area (Å²) < 4.78 is 1.95. The van der Waals surface area contributed by atoms with E-state index in [1.54, 1.807) is 6.33 Å². The van der Waals surface area contributed by atoms with Gasteiger partial charge in [-0.3, -0.25) is 9.58 Å². The second-order valence-corrected chi connectivity index (χ2v) is 6.77. The van der Waals surface area contributed by atoms with E-state index < -0.39 is 0 Å². The Balaban J connectivity index is 1.44. The maximum atomic E-state index is 4.35. The highest BCUT2D eigenvalue weighted by molar-refractivity contribution is 5.38. The van der Waals surface area contributed by atoms with Gasteiger partial charge >= 0.3 is 0 Å². The summed E-state index contributed by atoms with van der Waals surface area (Å²) >= 11 is 0. The number of nitrogens with zero attached hydrogens (tertiary/aromatic N) is 7. The number of hydrogen-bond acceptors (Lipinski definition) is 6. The van der Waals surface area contributed by atoms with Crippen LogP contribution in [-0.2, 0) is 6.54 Å². The molecule has 2 fully saturated rings. The Kier molecular flexibility index (Phi) is 3.72. The third-order valence-corrected chi connectivity index (χ3v) is 5.34. The summed E-state index contributed by atoms with van der Waals surface area (Å²) in [4.78, 5) is 8.98. The van der Waals surface area contributed by atoms with E-state index in [1.165, 1.54) is 12.8 Å². The molecule has 2 aliphatic rings. The van der Waals surface area contributed by atoms with Gasteiger partial charge < -0.3 is 4.90 Å². The second-order valence-electron chi connectivity index (χ2n) is 6.77. The number of aromatic nitrogens is 5. The van der Waals surface area contributed by atoms with Crippen molar-refractivity contribution in [3.05, 3.63) is 30.5 Å². The normalized spacial score (nSPS) is 28.1. The predicted octanol–water partition coefficient (Wildman–Crippen LogP) is 0.976. The molecule has 2 saturated heterocycles. The summed E-state index contributed by atoms with van der Waals surface area (Å²) in [6.07, 6.45) is 5.81. The Bertz CT molecular complexity index is 639. The fourth-order valence-electron chi connectivity index (χ4n) is 4.09. The molecule has 7 heteroatoms. The molecule has 23 heavy (non-hydrogen) atoms. The van der Waals surface area contributed by atoms with Gasteiger partial charge in [-0.1, -0.05) is 0 Å². The van der Waals surface area contributed by atoms with E-state index in [4.69, 9.17) is 0 Å². The van der Waals surface area contributed by atoms with Gasteiger partial charge in [0, 0.05) is 25.2 Å². The average Bonchev–Trinajstić information content (AvgIpc) is 3.17. The van der Waals surface area contributed by atoms with E-state index in [0.29, 0.717) is 18.0 Å². The molecule has 3 atom stereocenters. The van der Waals surface area contributed by atoms with Gasteiger partial charge in [-0.2, -0.15) is 10.2 Å². The van der Waals surface area contributed by atoms with Crippen LogP contribution < -0.4 is 4.90 Å². The van der Waals surface area contributed by atoms with Crippen molar-refractivity contribution in [1.82, 2.24) is 29.9 Å². The summed E-state index contributed by atoms with van der Waals surface area (Å²) in [5.41, 5.74) is 0.970. The molecule has 4 heterocycles. The zero-order valence-electron chi connectivity index (χ0n) is 13.7. The van der Waals surface area contributed by atoms with E-state index in [2.05, 4.69) is 43.2 Å². The smallest absolute Gasteiger partial charge is 0.151 e. The minimum atomic E-state index is 0.538. The van der Waals surface area contributed by atoms with Gasteiger partial charge in [-0.15, -0.1) is 5.10 Å². The number of rotatable bonds is 3. The summed E-state index contributed by atoms with van der Waals surface area (Å²) in [6.45, 7) is 5.03. The molecule has 2 aromatic rings. The SMILES string of the molecule is Cc1ccc(N2CC[C@H]3[C@H](C[C@@H](Cn4cncn4)N3C)C2)nn1.